The van der Waals surface area contributed by atoms with Crippen LogP contribution in [0, 0.1) is 11.3 Å². The van der Waals surface area contributed by atoms with Gasteiger partial charge in [-0.05, 0) is 42.1 Å². The molecule has 3 aromatic rings. The molecule has 0 aliphatic heterocycles. The first-order valence-corrected chi connectivity index (χ1v) is 9.60. The molecular formula is C18H16ClN3O2S. The number of fused-ring (bicyclic) bond motifs is 1. The van der Waals surface area contributed by atoms with Gasteiger partial charge >= 0.3 is 0 Å². The lowest BCUT2D eigenvalue weighted by Gasteiger charge is -2.09. The van der Waals surface area contributed by atoms with Gasteiger partial charge in [-0.3, -0.25) is 0 Å². The predicted molar refractivity (Wildman–Crippen MR) is 97.9 cm³/mol. The summed E-state index contributed by atoms with van der Waals surface area (Å²) in [5.74, 6) is 0. The van der Waals surface area contributed by atoms with Crippen molar-refractivity contribution in [2.24, 2.45) is 0 Å². The van der Waals surface area contributed by atoms with E-state index in [1.807, 2.05) is 42.6 Å². The van der Waals surface area contributed by atoms with Crippen LogP contribution < -0.4 is 4.72 Å². The van der Waals surface area contributed by atoms with Crippen molar-refractivity contribution in [3.8, 4) is 6.07 Å². The number of nitrogens with one attached hydrogen (secondary N) is 1. The Morgan fingerprint density at radius 1 is 1.16 bits per heavy atom. The molecule has 7 heteroatoms. The van der Waals surface area contributed by atoms with Crippen molar-refractivity contribution < 1.29 is 8.42 Å². The summed E-state index contributed by atoms with van der Waals surface area (Å²) in [4.78, 5) is 0.0415. The van der Waals surface area contributed by atoms with Crippen LogP contribution in [0.2, 0.25) is 5.02 Å². The molecule has 0 bridgehead atoms. The van der Waals surface area contributed by atoms with E-state index in [1.54, 1.807) is 0 Å². The second kappa shape index (κ2) is 7.28. The normalized spacial score (nSPS) is 11.5. The van der Waals surface area contributed by atoms with Gasteiger partial charge in [0.25, 0.3) is 0 Å². The number of halogens is 1. The number of hydrogen-bond donors (Lipinski definition) is 1. The third kappa shape index (κ3) is 3.85. The Kier molecular flexibility index (Phi) is 5.09. The second-order valence-electron chi connectivity index (χ2n) is 5.57. The SMILES string of the molecule is N#Cc1cc(S(=O)(=O)NCCCn2ccc3ccccc32)ccc1Cl. The molecule has 0 saturated heterocycles. The number of rotatable bonds is 6. The van der Waals surface area contributed by atoms with Crippen LogP contribution in [0.25, 0.3) is 10.9 Å². The van der Waals surface area contributed by atoms with Gasteiger partial charge in [-0.1, -0.05) is 29.8 Å². The van der Waals surface area contributed by atoms with Crippen LogP contribution in [0.4, 0.5) is 0 Å². The number of aromatic nitrogens is 1. The average Bonchev–Trinajstić information content (AvgIpc) is 3.02. The Labute approximate surface area is 151 Å². The molecule has 0 amide bonds. The minimum Gasteiger partial charge on any atom is -0.347 e. The van der Waals surface area contributed by atoms with Crippen molar-refractivity contribution in [3.05, 3.63) is 65.3 Å². The standard InChI is InChI=1S/C18H16ClN3O2S/c19-17-7-6-16(12-15(17)13-20)25(23,24)21-9-3-10-22-11-8-14-4-1-2-5-18(14)22/h1-2,4-8,11-12,21H,3,9-10H2. The number of nitriles is 1. The minimum atomic E-state index is -3.66. The highest BCUT2D eigenvalue weighted by atomic mass is 35.5. The van der Waals surface area contributed by atoms with Crippen LogP contribution in [-0.2, 0) is 16.6 Å². The minimum absolute atomic E-state index is 0.0415. The highest BCUT2D eigenvalue weighted by molar-refractivity contribution is 7.89. The largest absolute Gasteiger partial charge is 0.347 e. The van der Waals surface area contributed by atoms with E-state index >= 15 is 0 Å². The predicted octanol–water partition coefficient (Wildman–Crippen LogP) is 3.53. The highest BCUT2D eigenvalue weighted by Crippen LogP contribution is 2.19. The van der Waals surface area contributed by atoms with Crippen molar-refractivity contribution in [1.29, 1.82) is 5.26 Å². The first-order valence-electron chi connectivity index (χ1n) is 7.74. The van der Waals surface area contributed by atoms with Crippen molar-refractivity contribution >= 4 is 32.5 Å². The molecule has 25 heavy (non-hydrogen) atoms. The van der Waals surface area contributed by atoms with Crippen LogP contribution in [0.5, 0.6) is 0 Å². The molecule has 3 rings (SSSR count). The van der Waals surface area contributed by atoms with Crippen molar-refractivity contribution in [1.82, 2.24) is 9.29 Å². The van der Waals surface area contributed by atoms with E-state index in [0.29, 0.717) is 19.5 Å². The quantitative estimate of drug-likeness (QED) is 0.671. The van der Waals surface area contributed by atoms with Crippen LogP contribution in [-0.4, -0.2) is 19.5 Å². The monoisotopic (exact) mass is 373 g/mol. The lowest BCUT2D eigenvalue weighted by molar-refractivity contribution is 0.572. The van der Waals surface area contributed by atoms with Gasteiger partial charge in [0, 0.05) is 24.8 Å². The number of sulfonamides is 1. The first-order chi connectivity index (χ1) is 12.0. The van der Waals surface area contributed by atoms with E-state index in [-0.39, 0.29) is 15.5 Å². The fraction of sp³-hybridized carbons (Fsp3) is 0.167. The number of para-hydroxylation sites is 1. The molecule has 1 heterocycles. The molecule has 128 valence electrons. The van der Waals surface area contributed by atoms with Crippen molar-refractivity contribution in [2.75, 3.05) is 6.54 Å². The zero-order valence-electron chi connectivity index (χ0n) is 13.3. The molecule has 0 atom stereocenters. The molecule has 0 fully saturated rings. The molecule has 0 unspecified atom stereocenters. The molecule has 1 aromatic heterocycles. The molecule has 0 radical (unpaired) electrons. The Hall–Kier alpha value is -2.33. The number of benzene rings is 2. The van der Waals surface area contributed by atoms with Crippen LogP contribution in [0.15, 0.2) is 59.6 Å². The summed E-state index contributed by atoms with van der Waals surface area (Å²) in [6.45, 7) is 1.01. The van der Waals surface area contributed by atoms with Gasteiger partial charge in [0.1, 0.15) is 6.07 Å². The Morgan fingerprint density at radius 3 is 2.76 bits per heavy atom. The van der Waals surface area contributed by atoms with Crippen LogP contribution in [0.3, 0.4) is 0 Å². The lowest BCUT2D eigenvalue weighted by Crippen LogP contribution is -2.25. The maximum Gasteiger partial charge on any atom is 0.240 e. The summed E-state index contributed by atoms with van der Waals surface area (Å²) < 4.78 is 29.3. The summed E-state index contributed by atoms with van der Waals surface area (Å²) in [5.41, 5.74) is 1.27. The maximum absolute atomic E-state index is 12.3. The molecule has 1 N–H and O–H groups in total. The van der Waals surface area contributed by atoms with Gasteiger partial charge in [0.05, 0.1) is 15.5 Å². The molecule has 2 aromatic carbocycles. The third-order valence-corrected chi connectivity index (χ3v) is 5.70. The van der Waals surface area contributed by atoms with Gasteiger partial charge < -0.3 is 4.57 Å². The summed E-state index contributed by atoms with van der Waals surface area (Å²) in [5, 5.41) is 10.4. The van der Waals surface area contributed by atoms with Gasteiger partial charge in [-0.25, -0.2) is 13.1 Å². The van der Waals surface area contributed by atoms with Gasteiger partial charge in [-0.2, -0.15) is 5.26 Å². The highest BCUT2D eigenvalue weighted by Gasteiger charge is 2.15. The fourth-order valence-electron chi connectivity index (χ4n) is 2.63. The Morgan fingerprint density at radius 2 is 1.96 bits per heavy atom. The first kappa shape index (κ1) is 17.5. The summed E-state index contributed by atoms with van der Waals surface area (Å²) in [7, 11) is -3.66. The van der Waals surface area contributed by atoms with E-state index < -0.39 is 10.0 Å². The lowest BCUT2D eigenvalue weighted by atomic mass is 10.2. The van der Waals surface area contributed by atoms with Gasteiger partial charge in [0.15, 0.2) is 0 Å². The van der Waals surface area contributed by atoms with Gasteiger partial charge in [0.2, 0.25) is 10.0 Å². The molecule has 0 aliphatic carbocycles. The summed E-state index contributed by atoms with van der Waals surface area (Å²) in [6, 6.07) is 16.1. The van der Waals surface area contributed by atoms with Crippen molar-refractivity contribution in [3.63, 3.8) is 0 Å². The molecule has 0 spiro atoms. The van der Waals surface area contributed by atoms with Crippen LogP contribution in [0.1, 0.15) is 12.0 Å². The summed E-state index contributed by atoms with van der Waals surface area (Å²) in [6.07, 6.45) is 2.65. The zero-order chi connectivity index (χ0) is 17.9. The van der Waals surface area contributed by atoms with E-state index in [1.165, 1.54) is 18.2 Å². The van der Waals surface area contributed by atoms with Gasteiger partial charge in [-0.15, -0.1) is 0 Å². The van der Waals surface area contributed by atoms with Crippen molar-refractivity contribution in [2.45, 2.75) is 17.9 Å². The molecule has 5 nitrogen and oxygen atoms in total. The topological polar surface area (TPSA) is 74.9 Å². The molecule has 0 aliphatic rings. The average molecular weight is 374 g/mol. The molecular weight excluding hydrogens is 358 g/mol. The Balaban J connectivity index is 1.62. The number of nitrogens with zero attached hydrogens (tertiary/aromatic N) is 2. The number of hydrogen-bond acceptors (Lipinski definition) is 3. The maximum atomic E-state index is 12.3. The van der Waals surface area contributed by atoms with E-state index in [4.69, 9.17) is 16.9 Å². The molecule has 0 saturated carbocycles. The third-order valence-electron chi connectivity index (χ3n) is 3.92. The zero-order valence-corrected chi connectivity index (χ0v) is 14.9. The van der Waals surface area contributed by atoms with Crippen LogP contribution >= 0.6 is 11.6 Å². The smallest absolute Gasteiger partial charge is 0.240 e. The Bertz CT molecular complexity index is 1050. The number of aryl methyl sites for hydroxylation is 1. The second-order valence-corrected chi connectivity index (χ2v) is 7.75. The summed E-state index contributed by atoms with van der Waals surface area (Å²) >= 11 is 5.84. The van der Waals surface area contributed by atoms with E-state index in [0.717, 1.165) is 10.9 Å². The van der Waals surface area contributed by atoms with E-state index in [9.17, 15) is 8.42 Å². The fourth-order valence-corrected chi connectivity index (χ4v) is 3.89. The van der Waals surface area contributed by atoms with E-state index in [2.05, 4.69) is 9.29 Å².